The maximum absolute atomic E-state index is 13.9. The van der Waals surface area contributed by atoms with Crippen molar-refractivity contribution in [2.45, 2.75) is 86.0 Å². The van der Waals surface area contributed by atoms with Gasteiger partial charge in [-0.3, -0.25) is 4.79 Å². The van der Waals surface area contributed by atoms with E-state index in [4.69, 9.17) is 9.05 Å². The number of rotatable bonds is 10. The molecule has 176 valence electrons. The van der Waals surface area contributed by atoms with Gasteiger partial charge in [0, 0.05) is 0 Å². The van der Waals surface area contributed by atoms with E-state index in [9.17, 15) is 9.36 Å². The summed E-state index contributed by atoms with van der Waals surface area (Å²) in [4.78, 5) is 12.0. The topological polar surface area (TPSA) is 52.6 Å². The van der Waals surface area contributed by atoms with Crippen LogP contribution in [0.5, 0.6) is 11.5 Å². The van der Waals surface area contributed by atoms with Crippen LogP contribution in [0.1, 0.15) is 108 Å². The van der Waals surface area contributed by atoms with E-state index in [2.05, 4.69) is 67.5 Å². The molecule has 0 radical (unpaired) electrons. The minimum atomic E-state index is -3.78. The van der Waals surface area contributed by atoms with Gasteiger partial charge in [0.05, 0.1) is 0 Å². The highest BCUT2D eigenvalue weighted by Crippen LogP contribution is 2.51. The zero-order valence-electron chi connectivity index (χ0n) is 21.1. The van der Waals surface area contributed by atoms with Crippen LogP contribution in [0.4, 0.5) is 0 Å². The number of benzene rings is 2. The van der Waals surface area contributed by atoms with Crippen molar-refractivity contribution < 1.29 is 18.4 Å². The molecule has 0 amide bonds. The fraction of sp³-hybridized carbons (Fsp3) is 0.519. The second-order valence-corrected chi connectivity index (χ2v) is 11.8. The monoisotopic (exact) mass is 458 g/mol. The lowest BCUT2D eigenvalue weighted by molar-refractivity contribution is -0.114. The van der Waals surface area contributed by atoms with Gasteiger partial charge in [-0.2, -0.15) is 0 Å². The minimum Gasteiger partial charge on any atom is -0.415 e. The van der Waals surface area contributed by atoms with Gasteiger partial charge in [0.2, 0.25) is 0 Å². The van der Waals surface area contributed by atoms with Crippen LogP contribution in [-0.2, 0) is 9.36 Å². The molecular weight excluding hydrogens is 419 g/mol. The second kappa shape index (κ2) is 10.7. The predicted octanol–water partition coefficient (Wildman–Crippen LogP) is 8.42. The first-order chi connectivity index (χ1) is 14.8. The molecule has 5 heteroatoms. The minimum absolute atomic E-state index is 0.172. The molecule has 0 aromatic heterocycles. The normalized spacial score (nSPS) is 12.2. The molecule has 0 fully saturated rings. The average Bonchev–Trinajstić information content (AvgIpc) is 2.66. The van der Waals surface area contributed by atoms with Crippen molar-refractivity contribution in [2.75, 3.05) is 6.16 Å². The van der Waals surface area contributed by atoms with Crippen molar-refractivity contribution in [3.63, 3.8) is 0 Å². The van der Waals surface area contributed by atoms with Crippen molar-refractivity contribution in [3.05, 3.63) is 58.7 Å². The molecule has 0 saturated heterocycles. The highest BCUT2D eigenvalue weighted by Gasteiger charge is 2.33. The van der Waals surface area contributed by atoms with Gasteiger partial charge in [0.15, 0.2) is 0 Å². The maximum Gasteiger partial charge on any atom is 0.438 e. The van der Waals surface area contributed by atoms with E-state index in [1.54, 1.807) is 0 Å². The molecule has 0 heterocycles. The fourth-order valence-corrected chi connectivity index (χ4v) is 5.22. The van der Waals surface area contributed by atoms with Gasteiger partial charge in [-0.05, 0) is 65.0 Å². The van der Waals surface area contributed by atoms with E-state index < -0.39 is 7.60 Å². The molecule has 0 unspecified atom stereocenters. The molecule has 0 atom stereocenters. The number of hydrogen-bond acceptors (Lipinski definition) is 4. The SMILES string of the molecule is CC(=O)CP(=O)(Oc1ccc(C(C)C)cc1C(C)C)Oc1ccc(C(C)C)cc1C(C)C. The molecule has 32 heavy (non-hydrogen) atoms. The molecule has 0 bridgehead atoms. The summed E-state index contributed by atoms with van der Waals surface area (Å²) >= 11 is 0. The highest BCUT2D eigenvalue weighted by atomic mass is 31.2. The lowest BCUT2D eigenvalue weighted by Crippen LogP contribution is -2.13. The van der Waals surface area contributed by atoms with E-state index in [-0.39, 0.29) is 23.8 Å². The van der Waals surface area contributed by atoms with E-state index in [0.29, 0.717) is 23.3 Å². The van der Waals surface area contributed by atoms with Crippen LogP contribution in [-0.4, -0.2) is 11.9 Å². The van der Waals surface area contributed by atoms with E-state index in [1.165, 1.54) is 18.1 Å². The van der Waals surface area contributed by atoms with Gasteiger partial charge in [-0.25, -0.2) is 4.57 Å². The lowest BCUT2D eigenvalue weighted by Gasteiger charge is -2.25. The third-order valence-corrected chi connectivity index (χ3v) is 7.32. The van der Waals surface area contributed by atoms with Crippen molar-refractivity contribution >= 4 is 13.4 Å². The summed E-state index contributed by atoms with van der Waals surface area (Å²) in [6.45, 7) is 18.3. The molecular formula is C27H39O4P. The van der Waals surface area contributed by atoms with Crippen molar-refractivity contribution in [1.82, 2.24) is 0 Å². The smallest absolute Gasteiger partial charge is 0.415 e. The van der Waals surface area contributed by atoms with Crippen LogP contribution in [0, 0.1) is 0 Å². The Hall–Kier alpha value is -2.06. The van der Waals surface area contributed by atoms with Crippen molar-refractivity contribution in [2.24, 2.45) is 0 Å². The summed E-state index contributed by atoms with van der Waals surface area (Å²) in [7, 11) is -3.78. The third kappa shape index (κ3) is 6.72. The Bertz CT molecular complexity index is 920. The molecule has 2 aromatic carbocycles. The molecule has 2 aromatic rings. The van der Waals surface area contributed by atoms with Crippen LogP contribution in [0.2, 0.25) is 0 Å². The average molecular weight is 459 g/mol. The maximum atomic E-state index is 13.9. The first kappa shape index (κ1) is 26.2. The molecule has 0 aliphatic rings. The highest BCUT2D eigenvalue weighted by molar-refractivity contribution is 7.55. The van der Waals surface area contributed by atoms with Crippen molar-refractivity contribution in [1.29, 1.82) is 0 Å². The molecule has 0 saturated carbocycles. The molecule has 2 rings (SSSR count). The Morgan fingerprint density at radius 2 is 1.09 bits per heavy atom. The summed E-state index contributed by atoms with van der Waals surface area (Å²) in [5, 5.41) is 0. The Balaban J connectivity index is 2.51. The van der Waals surface area contributed by atoms with Crippen LogP contribution >= 0.6 is 7.60 Å². The first-order valence-corrected chi connectivity index (χ1v) is 13.3. The summed E-state index contributed by atoms with van der Waals surface area (Å²) in [5.74, 6) is 1.88. The van der Waals surface area contributed by atoms with E-state index >= 15 is 0 Å². The number of carbonyl (C=O) groups is 1. The van der Waals surface area contributed by atoms with E-state index in [1.807, 2.05) is 24.3 Å². The number of Topliss-reactive ketones (excluding diaryl/α,β-unsaturated/α-hetero) is 1. The Morgan fingerprint density at radius 1 is 0.719 bits per heavy atom. The quantitative estimate of drug-likeness (QED) is 0.335. The Morgan fingerprint density at radius 3 is 1.38 bits per heavy atom. The van der Waals surface area contributed by atoms with Crippen LogP contribution in [0.15, 0.2) is 36.4 Å². The molecule has 0 aliphatic heterocycles. The Labute approximate surface area is 194 Å². The standard InChI is InChI=1S/C27H39O4P/c1-17(2)22-10-12-26(24(14-22)19(5)6)30-32(29,16-21(9)28)31-27-13-11-23(18(3)4)15-25(27)20(7)8/h10-15,17-20H,16H2,1-9H3. The largest absolute Gasteiger partial charge is 0.438 e. The number of carbonyl (C=O) groups excluding carboxylic acids is 1. The van der Waals surface area contributed by atoms with Gasteiger partial charge in [0.1, 0.15) is 23.4 Å². The molecule has 0 spiro atoms. The molecule has 0 N–H and O–H groups in total. The summed E-state index contributed by atoms with van der Waals surface area (Å²) in [6.07, 6.45) is -0.278. The van der Waals surface area contributed by atoms with Crippen LogP contribution < -0.4 is 9.05 Å². The van der Waals surface area contributed by atoms with Crippen LogP contribution in [0.25, 0.3) is 0 Å². The molecule has 0 aliphatic carbocycles. The summed E-state index contributed by atoms with van der Waals surface area (Å²) in [6, 6.07) is 11.9. The van der Waals surface area contributed by atoms with Gasteiger partial charge in [-0.15, -0.1) is 0 Å². The van der Waals surface area contributed by atoms with Crippen LogP contribution in [0.3, 0.4) is 0 Å². The number of ketones is 1. The summed E-state index contributed by atoms with van der Waals surface area (Å²) in [5.41, 5.74) is 4.30. The summed E-state index contributed by atoms with van der Waals surface area (Å²) < 4.78 is 26.0. The fourth-order valence-electron chi connectivity index (χ4n) is 3.58. The van der Waals surface area contributed by atoms with E-state index in [0.717, 1.165) is 11.1 Å². The van der Waals surface area contributed by atoms with Gasteiger partial charge >= 0.3 is 7.60 Å². The van der Waals surface area contributed by atoms with Gasteiger partial charge in [-0.1, -0.05) is 79.7 Å². The first-order valence-electron chi connectivity index (χ1n) is 11.6. The second-order valence-electron chi connectivity index (χ2n) is 9.87. The Kier molecular flexibility index (Phi) is 8.76. The van der Waals surface area contributed by atoms with Gasteiger partial charge < -0.3 is 9.05 Å². The lowest BCUT2D eigenvalue weighted by atomic mass is 9.95. The zero-order chi connectivity index (χ0) is 24.2. The molecule has 4 nitrogen and oxygen atoms in total. The zero-order valence-corrected chi connectivity index (χ0v) is 22.0. The number of hydrogen-bond donors (Lipinski definition) is 0. The van der Waals surface area contributed by atoms with Crippen molar-refractivity contribution in [3.8, 4) is 11.5 Å². The van der Waals surface area contributed by atoms with Gasteiger partial charge in [0.25, 0.3) is 0 Å². The predicted molar refractivity (Wildman–Crippen MR) is 134 cm³/mol. The third-order valence-electron chi connectivity index (χ3n) is 5.54.